The van der Waals surface area contributed by atoms with E-state index in [0.29, 0.717) is 0 Å². The standard InChI is InChI=1S/C8H16NO3.IS.U/c1-4-9-7(12)6(11)8(2,3)5-10;1-2;/h6,10-11H,1,4-5H2,2-3H3,(H,9,12);;/q2*-1;+2. The molecule has 0 radical (unpaired) electrons. The maximum absolute atomic E-state index is 11.0. The molecule has 0 aromatic heterocycles. The maximum atomic E-state index is 11.0. The molecule has 0 rings (SSSR count). The minimum absolute atomic E-state index is 0. The van der Waals surface area contributed by atoms with Gasteiger partial charge in [0.1, 0.15) is 6.10 Å². The minimum atomic E-state index is -1.19. The molecular formula is C8H16INO3SU. The van der Waals surface area contributed by atoms with Gasteiger partial charge in [0, 0.05) is 5.41 Å². The Morgan fingerprint density at radius 3 is 2.27 bits per heavy atom. The summed E-state index contributed by atoms with van der Waals surface area (Å²) in [5.41, 5.74) is -0.806. The Kier molecular flexibility index (Phi) is 17.4. The third-order valence-corrected chi connectivity index (χ3v) is 1.70. The molecule has 0 aromatic carbocycles. The van der Waals surface area contributed by atoms with E-state index in [1.807, 2.05) is 0 Å². The molecule has 0 bridgehead atoms. The average Bonchev–Trinajstić information content (AvgIpc) is 2.20. The number of nitrogens with one attached hydrogen (secondary N) is 1. The predicted molar refractivity (Wildman–Crippen MR) is 66.6 cm³/mol. The summed E-state index contributed by atoms with van der Waals surface area (Å²) in [6, 6.07) is 0. The molecule has 0 saturated carbocycles. The molecule has 4 nitrogen and oxygen atoms in total. The van der Waals surface area contributed by atoms with Gasteiger partial charge in [-0.05, 0) is 0 Å². The van der Waals surface area contributed by atoms with Crippen LogP contribution in [0.1, 0.15) is 13.8 Å². The number of halogens is 1. The van der Waals surface area contributed by atoms with E-state index in [9.17, 15) is 9.90 Å². The number of amides is 1. The zero-order valence-corrected chi connectivity index (χ0v) is 15.9. The van der Waals surface area contributed by atoms with E-state index in [1.54, 1.807) is 35.1 Å². The number of carbonyl (C=O) groups excluding carboxylic acids is 1. The number of carbonyl (C=O) groups is 1. The summed E-state index contributed by atoms with van der Waals surface area (Å²) in [4.78, 5) is 11.0. The fourth-order valence-corrected chi connectivity index (χ4v) is 0.661. The zero-order valence-electron chi connectivity index (χ0n) is 8.79. The monoisotopic (exact) mass is 571 g/mol. The van der Waals surface area contributed by atoms with Crippen molar-refractivity contribution in [2.24, 2.45) is 5.41 Å². The quantitative estimate of drug-likeness (QED) is 0.257. The van der Waals surface area contributed by atoms with E-state index in [2.05, 4.69) is 22.0 Å². The molecule has 15 heavy (non-hydrogen) atoms. The van der Waals surface area contributed by atoms with Crippen molar-refractivity contribution in [3.8, 4) is 0 Å². The fraction of sp³-hybridized carbons (Fsp3) is 0.750. The topological polar surface area (TPSA) is 69.6 Å². The summed E-state index contributed by atoms with van der Waals surface area (Å²) >= 11 is 1.73. The Morgan fingerprint density at radius 2 is 2.00 bits per heavy atom. The van der Waals surface area contributed by atoms with Gasteiger partial charge < -0.3 is 32.3 Å². The Labute approximate surface area is 132 Å². The van der Waals surface area contributed by atoms with E-state index in [1.165, 1.54) is 0 Å². The Bertz CT molecular complexity index is 172. The molecule has 1 unspecified atom stereocenters. The van der Waals surface area contributed by atoms with Crippen LogP contribution in [0.3, 0.4) is 0 Å². The molecule has 0 aliphatic heterocycles. The smallest absolute Gasteiger partial charge is 0.713 e. The van der Waals surface area contributed by atoms with Crippen LogP contribution in [-0.4, -0.2) is 35.4 Å². The van der Waals surface area contributed by atoms with Crippen molar-refractivity contribution in [3.63, 3.8) is 0 Å². The molecule has 1 amide bonds. The van der Waals surface area contributed by atoms with E-state index in [4.69, 9.17) is 5.11 Å². The molecule has 1 atom stereocenters. The Balaban J connectivity index is -0.000000449. The molecule has 0 aliphatic rings. The van der Waals surface area contributed by atoms with Crippen molar-refractivity contribution in [1.82, 2.24) is 5.32 Å². The molecule has 0 spiro atoms. The van der Waals surface area contributed by atoms with Gasteiger partial charge in [0.25, 0.3) is 0 Å². The third-order valence-electron chi connectivity index (χ3n) is 1.70. The van der Waals surface area contributed by atoms with Gasteiger partial charge in [-0.2, -0.15) is 0 Å². The summed E-state index contributed by atoms with van der Waals surface area (Å²) in [7, 11) is 4.05. The second-order valence-electron chi connectivity index (χ2n) is 3.34. The van der Waals surface area contributed by atoms with Crippen LogP contribution in [0.5, 0.6) is 0 Å². The van der Waals surface area contributed by atoms with Crippen LogP contribution in [0.2, 0.25) is 0 Å². The zero-order chi connectivity index (χ0) is 11.8. The third kappa shape index (κ3) is 9.24. The fourth-order valence-electron chi connectivity index (χ4n) is 0.661. The largest absolute Gasteiger partial charge is 2.00 e. The van der Waals surface area contributed by atoms with Gasteiger partial charge in [0.15, 0.2) is 0 Å². The Hall–Kier alpha value is 1.52. The van der Waals surface area contributed by atoms with Gasteiger partial charge in [-0.3, -0.25) is 26.0 Å². The van der Waals surface area contributed by atoms with Crippen molar-refractivity contribution in [2.45, 2.75) is 20.0 Å². The Morgan fingerprint density at radius 1 is 1.60 bits per heavy atom. The van der Waals surface area contributed by atoms with Gasteiger partial charge >= 0.3 is 31.1 Å². The number of aliphatic hydroxyl groups is 2. The molecule has 7 heteroatoms. The summed E-state index contributed by atoms with van der Waals surface area (Å²) in [5.74, 6) is -0.496. The number of hydrogen-bond donors (Lipinski definition) is 3. The predicted octanol–water partition coefficient (Wildman–Crippen LogP) is 0.199. The first-order valence-corrected chi connectivity index (χ1v) is 6.92. The van der Waals surface area contributed by atoms with Gasteiger partial charge in [0.2, 0.25) is 5.91 Å². The molecule has 0 aliphatic carbocycles. The van der Waals surface area contributed by atoms with Crippen molar-refractivity contribution in [1.29, 1.82) is 0 Å². The molecule has 88 valence electrons. The first kappa shape index (κ1) is 21.8. The van der Waals surface area contributed by atoms with Gasteiger partial charge in [-0.1, -0.05) is 13.8 Å². The normalized spacial score (nSPS) is 11.7. The molecule has 0 fully saturated rings. The van der Waals surface area contributed by atoms with E-state index in [-0.39, 0.29) is 44.3 Å². The van der Waals surface area contributed by atoms with Crippen LogP contribution < -0.4 is 5.32 Å². The van der Waals surface area contributed by atoms with Gasteiger partial charge in [-0.15, -0.1) is 6.54 Å². The van der Waals surface area contributed by atoms with E-state index >= 15 is 0 Å². The molecule has 3 N–H and O–H groups in total. The first-order chi connectivity index (χ1) is 6.45. The van der Waals surface area contributed by atoms with Crippen molar-refractivity contribution in [2.75, 3.05) is 13.2 Å². The SMILES string of the molecule is [CH2-]CNC(=O)C(O)C(C)(C)CO.[S-]I.[U+2]. The number of hydrogen-bond acceptors (Lipinski definition) is 4. The number of rotatable bonds is 4. The van der Waals surface area contributed by atoms with Crippen LogP contribution in [0, 0.1) is 43.5 Å². The number of aliphatic hydroxyl groups excluding tert-OH is 2. The summed E-state index contributed by atoms with van der Waals surface area (Å²) in [5, 5.41) is 20.6. The average molecular weight is 571 g/mol. The van der Waals surface area contributed by atoms with E-state index < -0.39 is 17.4 Å². The van der Waals surface area contributed by atoms with Crippen molar-refractivity contribution in [3.05, 3.63) is 6.92 Å². The summed E-state index contributed by atoms with van der Waals surface area (Å²) < 4.78 is 0. The van der Waals surface area contributed by atoms with Gasteiger partial charge in [-0.25, -0.2) is 0 Å². The van der Waals surface area contributed by atoms with Crippen molar-refractivity contribution >= 4 is 36.9 Å². The van der Waals surface area contributed by atoms with Crippen LogP contribution >= 0.6 is 21.2 Å². The second kappa shape index (κ2) is 12.0. The van der Waals surface area contributed by atoms with Crippen LogP contribution in [0.4, 0.5) is 0 Å². The molecule has 0 heterocycles. The first-order valence-electron chi connectivity index (χ1n) is 3.97. The molecule has 0 aromatic rings. The minimum Gasteiger partial charge on any atom is -0.713 e. The second-order valence-corrected chi connectivity index (χ2v) is 3.34. The molecule has 0 saturated heterocycles. The maximum Gasteiger partial charge on any atom is 2.00 e. The summed E-state index contributed by atoms with van der Waals surface area (Å²) in [6.45, 7) is 6.63. The van der Waals surface area contributed by atoms with Crippen LogP contribution in [0.15, 0.2) is 0 Å². The van der Waals surface area contributed by atoms with Crippen molar-refractivity contribution < 1.29 is 46.1 Å². The van der Waals surface area contributed by atoms with E-state index in [0.717, 1.165) is 0 Å². The van der Waals surface area contributed by atoms with Gasteiger partial charge in [0.05, 0.1) is 6.61 Å². The summed E-state index contributed by atoms with van der Waals surface area (Å²) in [6.07, 6.45) is -1.19. The van der Waals surface area contributed by atoms with Crippen LogP contribution in [0.25, 0.3) is 0 Å². The van der Waals surface area contributed by atoms with Crippen LogP contribution in [-0.2, 0) is 14.6 Å². The molecular weight excluding hydrogens is 555 g/mol.